The number of nitrogens with one attached hydrogen (secondary N) is 1. The highest BCUT2D eigenvalue weighted by Crippen LogP contribution is 2.32. The van der Waals surface area contributed by atoms with Gasteiger partial charge in [-0.15, -0.1) is 5.10 Å². The molecule has 0 radical (unpaired) electrons. The quantitative estimate of drug-likeness (QED) is 0.0646. The summed E-state index contributed by atoms with van der Waals surface area (Å²) in [5, 5.41) is 12.8. The van der Waals surface area contributed by atoms with Gasteiger partial charge < -0.3 is 26.7 Å². The highest BCUT2D eigenvalue weighted by molar-refractivity contribution is 6.05. The Morgan fingerprint density at radius 1 is 0.825 bits per heavy atom. The van der Waals surface area contributed by atoms with Crippen LogP contribution in [0.3, 0.4) is 0 Å². The highest BCUT2D eigenvalue weighted by Gasteiger charge is 2.55. The molecule has 0 atom stereocenters. The topological polar surface area (TPSA) is 173 Å². The van der Waals surface area contributed by atoms with Crippen molar-refractivity contribution in [3.8, 4) is 0 Å². The van der Waals surface area contributed by atoms with E-state index >= 15 is 0 Å². The number of hydrazone groups is 1. The molecule has 0 amide bonds. The molecule has 2 aromatic carbocycles. The number of carbonyl (C=O) groups excluding carboxylic acids is 2. The molecule has 0 aliphatic rings. The van der Waals surface area contributed by atoms with Crippen LogP contribution in [0.2, 0.25) is 0 Å². The van der Waals surface area contributed by atoms with Crippen molar-refractivity contribution in [1.82, 2.24) is 9.91 Å². The normalized spacial score (nSPS) is 11.4. The fourth-order valence-electron chi connectivity index (χ4n) is 4.80. The lowest BCUT2D eigenvalue weighted by Crippen LogP contribution is -2.65. The molecule has 0 aliphatic carbocycles. The highest BCUT2D eigenvalue weighted by atomic mass is 16.6. The van der Waals surface area contributed by atoms with Crippen LogP contribution in [-0.2, 0) is 32.3 Å². The average molecular weight is 554 g/mol. The summed E-state index contributed by atoms with van der Waals surface area (Å²) >= 11 is 0. The van der Waals surface area contributed by atoms with Crippen LogP contribution in [0.5, 0.6) is 0 Å². The summed E-state index contributed by atoms with van der Waals surface area (Å²) < 4.78 is 11.6. The van der Waals surface area contributed by atoms with E-state index in [1.54, 1.807) is 0 Å². The minimum atomic E-state index is -1.72. The van der Waals surface area contributed by atoms with Crippen molar-refractivity contribution >= 4 is 23.9 Å². The number of nitrogens with two attached hydrogens (primary N) is 3. The molecule has 0 saturated carbocycles. The summed E-state index contributed by atoms with van der Waals surface area (Å²) in [6.07, 6.45) is 0.929. The van der Waals surface area contributed by atoms with E-state index in [2.05, 4.69) is 5.10 Å². The predicted molar refractivity (Wildman–Crippen MR) is 156 cm³/mol. The van der Waals surface area contributed by atoms with Gasteiger partial charge in [-0.25, -0.2) is 14.6 Å². The Morgan fingerprint density at radius 3 is 1.65 bits per heavy atom. The number of benzene rings is 2. The Kier molecular flexibility index (Phi) is 12.4. The first-order valence-corrected chi connectivity index (χ1v) is 13.4. The van der Waals surface area contributed by atoms with Gasteiger partial charge in [0.25, 0.3) is 0 Å². The van der Waals surface area contributed by atoms with Crippen molar-refractivity contribution in [2.24, 2.45) is 22.3 Å². The minimum absolute atomic E-state index is 0.0139. The van der Waals surface area contributed by atoms with Crippen molar-refractivity contribution in [3.05, 3.63) is 71.8 Å². The number of esters is 2. The molecule has 40 heavy (non-hydrogen) atoms. The van der Waals surface area contributed by atoms with E-state index in [9.17, 15) is 9.59 Å². The van der Waals surface area contributed by atoms with E-state index < -0.39 is 17.5 Å². The number of ether oxygens (including phenoxy) is 2. The molecule has 0 aliphatic heterocycles. The van der Waals surface area contributed by atoms with E-state index in [-0.39, 0.29) is 50.2 Å². The molecule has 0 bridgehead atoms. The monoisotopic (exact) mass is 553 g/mol. The second-order valence-electron chi connectivity index (χ2n) is 10.1. The molecule has 0 heterocycles. The summed E-state index contributed by atoms with van der Waals surface area (Å²) in [5.74, 6) is -1.91. The Hall–Kier alpha value is -4.12. The predicted octanol–water partition coefficient (Wildman–Crippen LogP) is 2.88. The summed E-state index contributed by atoms with van der Waals surface area (Å²) in [4.78, 5) is 29.9. The average Bonchev–Trinajstić information content (AvgIpc) is 2.91. The Labute approximate surface area is 236 Å². The van der Waals surface area contributed by atoms with Crippen molar-refractivity contribution in [2.45, 2.75) is 77.8 Å². The third-order valence-corrected chi connectivity index (χ3v) is 6.33. The maximum atomic E-state index is 14.0. The number of hydrogen-bond donors (Lipinski definition) is 4. The molecule has 2 aromatic rings. The van der Waals surface area contributed by atoms with Crippen molar-refractivity contribution < 1.29 is 19.1 Å². The van der Waals surface area contributed by atoms with Crippen LogP contribution < -0.4 is 17.2 Å². The molecule has 218 valence electrons. The van der Waals surface area contributed by atoms with E-state index in [1.165, 1.54) is 5.01 Å². The molecule has 0 aromatic heterocycles. The van der Waals surface area contributed by atoms with E-state index in [0.29, 0.717) is 12.8 Å². The van der Waals surface area contributed by atoms with Gasteiger partial charge in [-0.05, 0) is 58.1 Å². The third kappa shape index (κ3) is 8.98. The van der Waals surface area contributed by atoms with Crippen molar-refractivity contribution in [3.63, 3.8) is 0 Å². The molecule has 0 fully saturated rings. The maximum absolute atomic E-state index is 14.0. The van der Waals surface area contributed by atoms with Gasteiger partial charge in [0.1, 0.15) is 13.2 Å². The first kappa shape index (κ1) is 32.1. The Morgan fingerprint density at radius 2 is 1.27 bits per heavy atom. The van der Waals surface area contributed by atoms with Crippen LogP contribution >= 0.6 is 0 Å². The lowest BCUT2D eigenvalue weighted by molar-refractivity contribution is -0.182. The van der Waals surface area contributed by atoms with Crippen molar-refractivity contribution in [1.29, 1.82) is 5.41 Å². The lowest BCUT2D eigenvalue weighted by atomic mass is 9.87. The lowest BCUT2D eigenvalue weighted by Gasteiger charge is -2.44. The van der Waals surface area contributed by atoms with E-state index in [1.807, 2.05) is 93.3 Å². The van der Waals surface area contributed by atoms with Crippen LogP contribution in [-0.4, -0.2) is 57.9 Å². The third-order valence-electron chi connectivity index (χ3n) is 6.33. The fourth-order valence-corrected chi connectivity index (χ4v) is 4.80. The van der Waals surface area contributed by atoms with Crippen LogP contribution in [0.1, 0.15) is 58.1 Å². The Bertz CT molecular complexity index is 1060. The zero-order valence-electron chi connectivity index (χ0n) is 23.9. The number of rotatable bonds is 15. The van der Waals surface area contributed by atoms with Gasteiger partial charge >= 0.3 is 11.9 Å². The van der Waals surface area contributed by atoms with Gasteiger partial charge in [0, 0.05) is 18.6 Å². The first-order valence-electron chi connectivity index (χ1n) is 13.4. The maximum Gasteiger partial charge on any atom is 0.338 e. The van der Waals surface area contributed by atoms with Gasteiger partial charge in [0.05, 0.1) is 0 Å². The molecular weight excluding hydrogens is 510 g/mol. The van der Waals surface area contributed by atoms with Gasteiger partial charge in [-0.1, -0.05) is 60.7 Å². The zero-order chi connectivity index (χ0) is 29.7. The van der Waals surface area contributed by atoms with Crippen LogP contribution in [0, 0.1) is 5.41 Å². The SMILES string of the molecule is CC(C)N(C(C)C)C(CCCCN(N=C(N)N)C(=N)N)(C(=O)OCc1ccccc1)C(=O)OCc1ccccc1. The standard InChI is InChI=1S/C29H43N7O4/c1-21(2)36(22(3)4)29(25(37)39-19-23-13-7-5-8-14-23,26(38)40-20-24-15-9-6-10-16-24)17-11-12-18-35(28(32)33)34-27(30)31/h5-10,13-16,21-22H,11-12,17-20H2,1-4H3,(H3,32,33)(H4,30,31,34). The van der Waals surface area contributed by atoms with Crippen LogP contribution in [0.25, 0.3) is 0 Å². The van der Waals surface area contributed by atoms with Gasteiger partial charge in [-0.2, -0.15) is 0 Å². The summed E-state index contributed by atoms with van der Waals surface area (Å²) in [6.45, 7) is 7.96. The molecule has 7 N–H and O–H groups in total. The second kappa shape index (κ2) is 15.5. The zero-order valence-corrected chi connectivity index (χ0v) is 23.9. The summed E-state index contributed by atoms with van der Waals surface area (Å²) in [7, 11) is 0. The summed E-state index contributed by atoms with van der Waals surface area (Å²) in [6, 6.07) is 18.2. The van der Waals surface area contributed by atoms with Gasteiger partial charge in [0.15, 0.2) is 0 Å². The molecule has 11 heteroatoms. The number of nitrogens with zero attached hydrogens (tertiary/aromatic N) is 3. The van der Waals surface area contributed by atoms with E-state index in [4.69, 9.17) is 32.1 Å². The fraction of sp³-hybridized carbons (Fsp3) is 0.448. The number of guanidine groups is 2. The van der Waals surface area contributed by atoms with Gasteiger partial charge in [0.2, 0.25) is 17.5 Å². The van der Waals surface area contributed by atoms with Gasteiger partial charge in [-0.3, -0.25) is 10.3 Å². The minimum Gasteiger partial charge on any atom is -0.459 e. The smallest absolute Gasteiger partial charge is 0.338 e. The number of unbranched alkanes of at least 4 members (excludes halogenated alkanes) is 1. The van der Waals surface area contributed by atoms with E-state index in [0.717, 1.165) is 11.1 Å². The largest absolute Gasteiger partial charge is 0.459 e. The second-order valence-corrected chi connectivity index (χ2v) is 10.1. The Balaban J connectivity index is 2.41. The molecule has 0 unspecified atom stereocenters. The van der Waals surface area contributed by atoms with Crippen LogP contribution in [0.4, 0.5) is 0 Å². The van der Waals surface area contributed by atoms with Crippen LogP contribution in [0.15, 0.2) is 65.8 Å². The van der Waals surface area contributed by atoms with Crippen molar-refractivity contribution in [2.75, 3.05) is 6.54 Å². The molecule has 2 rings (SSSR count). The summed E-state index contributed by atoms with van der Waals surface area (Å²) in [5.41, 5.74) is 16.4. The molecular formula is C29H43N7O4. The number of carbonyl (C=O) groups is 2. The molecule has 0 saturated heterocycles. The molecule has 0 spiro atoms. The number of hydrogen-bond acceptors (Lipinski definition) is 7. The first-order chi connectivity index (χ1) is 19.0. The molecule has 11 nitrogen and oxygen atoms in total.